The van der Waals surface area contributed by atoms with E-state index < -0.39 is 0 Å². The second-order valence-electron chi connectivity index (χ2n) is 5.15. The summed E-state index contributed by atoms with van der Waals surface area (Å²) in [6.07, 6.45) is 6.56. The Bertz CT molecular complexity index is 142. The standard InChI is InChI=1S/C12H25N/c1-9(2)12-6-4-5-11(13)8-7-10(12)3/h9-12H,4-8,13H2,1-3H3/t10?,11-,12+/m0/s1. The van der Waals surface area contributed by atoms with Gasteiger partial charge in [-0.15, -0.1) is 0 Å². The van der Waals surface area contributed by atoms with Gasteiger partial charge in [-0.2, -0.15) is 0 Å². The Kier molecular flexibility index (Phi) is 4.24. The van der Waals surface area contributed by atoms with Crippen molar-refractivity contribution in [2.75, 3.05) is 0 Å². The number of nitrogens with two attached hydrogens (primary N) is 1. The second kappa shape index (κ2) is 4.99. The Labute approximate surface area is 83.1 Å². The molecule has 1 heteroatoms. The molecule has 1 unspecified atom stereocenters. The van der Waals surface area contributed by atoms with Crippen LogP contribution in [0.5, 0.6) is 0 Å². The summed E-state index contributed by atoms with van der Waals surface area (Å²) in [7, 11) is 0. The number of hydrogen-bond acceptors (Lipinski definition) is 1. The molecule has 0 radical (unpaired) electrons. The van der Waals surface area contributed by atoms with Crippen LogP contribution in [-0.4, -0.2) is 6.04 Å². The zero-order chi connectivity index (χ0) is 9.84. The largest absolute Gasteiger partial charge is 0.328 e. The molecular formula is C12H25N. The van der Waals surface area contributed by atoms with Gasteiger partial charge in [-0.25, -0.2) is 0 Å². The summed E-state index contributed by atoms with van der Waals surface area (Å²) >= 11 is 0. The molecule has 13 heavy (non-hydrogen) atoms. The van der Waals surface area contributed by atoms with Crippen molar-refractivity contribution >= 4 is 0 Å². The third-order valence-corrected chi connectivity index (χ3v) is 3.69. The van der Waals surface area contributed by atoms with Crippen LogP contribution in [0.4, 0.5) is 0 Å². The summed E-state index contributed by atoms with van der Waals surface area (Å²) in [5.41, 5.74) is 5.99. The van der Waals surface area contributed by atoms with Crippen LogP contribution in [0.1, 0.15) is 52.9 Å². The number of hydrogen-bond donors (Lipinski definition) is 1. The first-order chi connectivity index (χ1) is 6.11. The molecule has 0 aromatic rings. The molecular weight excluding hydrogens is 158 g/mol. The fourth-order valence-corrected chi connectivity index (χ4v) is 2.73. The zero-order valence-corrected chi connectivity index (χ0v) is 9.42. The van der Waals surface area contributed by atoms with E-state index in [0.29, 0.717) is 6.04 Å². The Hall–Kier alpha value is -0.0400. The molecule has 1 aliphatic rings. The van der Waals surface area contributed by atoms with Crippen molar-refractivity contribution in [3.05, 3.63) is 0 Å². The van der Waals surface area contributed by atoms with Crippen molar-refractivity contribution in [3.8, 4) is 0 Å². The lowest BCUT2D eigenvalue weighted by Crippen LogP contribution is -2.27. The molecule has 1 saturated carbocycles. The van der Waals surface area contributed by atoms with E-state index >= 15 is 0 Å². The number of rotatable bonds is 1. The molecule has 0 saturated heterocycles. The topological polar surface area (TPSA) is 26.0 Å². The Balaban J connectivity index is 2.46. The monoisotopic (exact) mass is 183 g/mol. The van der Waals surface area contributed by atoms with Crippen LogP contribution in [0.2, 0.25) is 0 Å². The fourth-order valence-electron chi connectivity index (χ4n) is 2.73. The summed E-state index contributed by atoms with van der Waals surface area (Å²) in [5.74, 6) is 2.67. The second-order valence-corrected chi connectivity index (χ2v) is 5.15. The molecule has 1 aliphatic carbocycles. The fraction of sp³-hybridized carbons (Fsp3) is 1.00. The highest BCUT2D eigenvalue weighted by Crippen LogP contribution is 2.32. The SMILES string of the molecule is CC(C)[C@H]1CCC[C@H](N)CCC1C. The minimum Gasteiger partial charge on any atom is -0.328 e. The first-order valence-corrected chi connectivity index (χ1v) is 5.87. The van der Waals surface area contributed by atoms with Crippen LogP contribution in [0.3, 0.4) is 0 Å². The molecule has 0 spiro atoms. The maximum Gasteiger partial charge on any atom is 0.00389 e. The Morgan fingerprint density at radius 2 is 1.77 bits per heavy atom. The third kappa shape index (κ3) is 3.30. The first kappa shape index (κ1) is 11.0. The third-order valence-electron chi connectivity index (χ3n) is 3.69. The predicted molar refractivity (Wildman–Crippen MR) is 58.6 cm³/mol. The molecule has 0 aromatic heterocycles. The van der Waals surface area contributed by atoms with Gasteiger partial charge in [-0.1, -0.05) is 27.2 Å². The maximum atomic E-state index is 5.99. The molecule has 1 nitrogen and oxygen atoms in total. The highest BCUT2D eigenvalue weighted by Gasteiger charge is 2.23. The summed E-state index contributed by atoms with van der Waals surface area (Å²) in [6, 6.07) is 0.482. The van der Waals surface area contributed by atoms with Crippen LogP contribution in [0, 0.1) is 17.8 Å². The van der Waals surface area contributed by atoms with Crippen molar-refractivity contribution in [2.24, 2.45) is 23.5 Å². The highest BCUT2D eigenvalue weighted by molar-refractivity contribution is 4.76. The molecule has 0 aliphatic heterocycles. The van der Waals surface area contributed by atoms with E-state index in [4.69, 9.17) is 5.73 Å². The predicted octanol–water partition coefficient (Wildman–Crippen LogP) is 3.19. The van der Waals surface area contributed by atoms with Gasteiger partial charge in [0.25, 0.3) is 0 Å². The van der Waals surface area contributed by atoms with Crippen molar-refractivity contribution in [1.29, 1.82) is 0 Å². The van der Waals surface area contributed by atoms with E-state index in [9.17, 15) is 0 Å². The molecule has 1 fully saturated rings. The van der Waals surface area contributed by atoms with Gasteiger partial charge in [-0.3, -0.25) is 0 Å². The van der Waals surface area contributed by atoms with Crippen molar-refractivity contribution in [1.82, 2.24) is 0 Å². The van der Waals surface area contributed by atoms with E-state index in [-0.39, 0.29) is 0 Å². The van der Waals surface area contributed by atoms with Crippen molar-refractivity contribution in [3.63, 3.8) is 0 Å². The van der Waals surface area contributed by atoms with Crippen LogP contribution < -0.4 is 5.73 Å². The van der Waals surface area contributed by atoms with Gasteiger partial charge in [0.05, 0.1) is 0 Å². The lowest BCUT2D eigenvalue weighted by atomic mass is 9.76. The maximum absolute atomic E-state index is 5.99. The quantitative estimate of drug-likeness (QED) is 0.664. The molecule has 2 N–H and O–H groups in total. The normalized spacial score (nSPS) is 37.2. The van der Waals surface area contributed by atoms with Gasteiger partial charge in [0.15, 0.2) is 0 Å². The van der Waals surface area contributed by atoms with E-state index in [1.54, 1.807) is 0 Å². The van der Waals surface area contributed by atoms with E-state index in [0.717, 1.165) is 17.8 Å². The van der Waals surface area contributed by atoms with Crippen LogP contribution in [0.15, 0.2) is 0 Å². The molecule has 0 aromatic carbocycles. The van der Waals surface area contributed by atoms with Gasteiger partial charge >= 0.3 is 0 Å². The minimum absolute atomic E-state index is 0.482. The van der Waals surface area contributed by atoms with Gasteiger partial charge in [0.2, 0.25) is 0 Å². The average Bonchev–Trinajstić information content (AvgIpc) is 2.05. The Morgan fingerprint density at radius 3 is 2.38 bits per heavy atom. The summed E-state index contributed by atoms with van der Waals surface area (Å²) in [4.78, 5) is 0. The lowest BCUT2D eigenvalue weighted by Gasteiger charge is -2.31. The molecule has 0 bridgehead atoms. The van der Waals surface area contributed by atoms with Crippen molar-refractivity contribution in [2.45, 2.75) is 58.9 Å². The molecule has 0 amide bonds. The summed E-state index contributed by atoms with van der Waals surface area (Å²) in [6.45, 7) is 7.13. The van der Waals surface area contributed by atoms with Gasteiger partial charge in [-0.05, 0) is 43.4 Å². The smallest absolute Gasteiger partial charge is 0.00389 e. The zero-order valence-electron chi connectivity index (χ0n) is 9.42. The summed E-state index contributed by atoms with van der Waals surface area (Å²) < 4.78 is 0. The van der Waals surface area contributed by atoms with Gasteiger partial charge < -0.3 is 5.73 Å². The van der Waals surface area contributed by atoms with Crippen molar-refractivity contribution < 1.29 is 0 Å². The van der Waals surface area contributed by atoms with E-state index in [1.165, 1.54) is 32.1 Å². The molecule has 0 heterocycles. The van der Waals surface area contributed by atoms with Crippen LogP contribution in [-0.2, 0) is 0 Å². The molecule has 3 atom stereocenters. The van der Waals surface area contributed by atoms with E-state index in [2.05, 4.69) is 20.8 Å². The first-order valence-electron chi connectivity index (χ1n) is 5.87. The molecule has 78 valence electrons. The average molecular weight is 183 g/mol. The van der Waals surface area contributed by atoms with Gasteiger partial charge in [0, 0.05) is 6.04 Å². The lowest BCUT2D eigenvalue weighted by molar-refractivity contribution is 0.210. The van der Waals surface area contributed by atoms with Crippen LogP contribution >= 0.6 is 0 Å². The summed E-state index contributed by atoms with van der Waals surface area (Å²) in [5, 5.41) is 0. The van der Waals surface area contributed by atoms with Crippen LogP contribution in [0.25, 0.3) is 0 Å². The van der Waals surface area contributed by atoms with Gasteiger partial charge in [0.1, 0.15) is 0 Å². The highest BCUT2D eigenvalue weighted by atomic mass is 14.6. The minimum atomic E-state index is 0.482. The molecule has 1 rings (SSSR count). The van der Waals surface area contributed by atoms with E-state index in [1.807, 2.05) is 0 Å². The Morgan fingerprint density at radius 1 is 1.08 bits per heavy atom.